The number of nitrogens with one attached hydrogen (secondary N) is 1. The lowest BCUT2D eigenvalue weighted by molar-refractivity contribution is 1.02. The summed E-state index contributed by atoms with van der Waals surface area (Å²) in [6.07, 6.45) is 2.34. The highest BCUT2D eigenvalue weighted by Crippen LogP contribution is 2.45. The number of benzene rings is 8. The molecule has 1 aliphatic heterocycles. The monoisotopic (exact) mass is 615 g/mol. The molecule has 0 atom stereocenters. The summed E-state index contributed by atoms with van der Waals surface area (Å²) in [5, 5.41) is 16.6. The number of hydrogen-bond donors (Lipinski definition) is 1. The van der Waals surface area contributed by atoms with E-state index in [2.05, 4.69) is 163 Å². The predicted molar refractivity (Wildman–Crippen MR) is 203 cm³/mol. The second-order valence-corrected chi connectivity index (χ2v) is 13.5. The summed E-state index contributed by atoms with van der Waals surface area (Å²) >= 11 is 1.88. The summed E-state index contributed by atoms with van der Waals surface area (Å²) in [6, 6.07) is 56.1. The van der Waals surface area contributed by atoms with Gasteiger partial charge in [-0.2, -0.15) is 0 Å². The largest absolute Gasteiger partial charge is 0.380 e. The van der Waals surface area contributed by atoms with Crippen LogP contribution >= 0.6 is 11.3 Å². The van der Waals surface area contributed by atoms with Gasteiger partial charge in [-0.25, -0.2) is 0 Å². The Labute approximate surface area is 276 Å². The summed E-state index contributed by atoms with van der Waals surface area (Å²) in [4.78, 5) is 0. The maximum absolute atomic E-state index is 3.78. The van der Waals surface area contributed by atoms with Gasteiger partial charge in [0.15, 0.2) is 0 Å². The van der Waals surface area contributed by atoms with Crippen LogP contribution in [0.4, 0.5) is 0 Å². The Morgan fingerprint density at radius 3 is 1.64 bits per heavy atom. The van der Waals surface area contributed by atoms with Crippen molar-refractivity contribution in [2.45, 2.75) is 0 Å². The number of rotatable bonds is 3. The van der Waals surface area contributed by atoms with Crippen molar-refractivity contribution in [3.05, 3.63) is 167 Å². The van der Waals surface area contributed by atoms with Gasteiger partial charge in [0.2, 0.25) is 0 Å². The minimum absolute atomic E-state index is 0.818. The quantitative estimate of drug-likeness (QED) is 0.195. The van der Waals surface area contributed by atoms with Crippen LogP contribution in [0.25, 0.3) is 87.2 Å². The number of thiophene rings is 1. The molecule has 0 saturated heterocycles. The highest BCUT2D eigenvalue weighted by Gasteiger charge is 2.19. The third kappa shape index (κ3) is 4.15. The van der Waals surface area contributed by atoms with Crippen LogP contribution in [-0.2, 0) is 0 Å². The van der Waals surface area contributed by atoms with Gasteiger partial charge in [0, 0.05) is 21.8 Å². The molecule has 10 rings (SSSR count). The zero-order valence-corrected chi connectivity index (χ0v) is 26.4. The maximum Gasteiger partial charge on any atom is 0.0598 e. The second kappa shape index (κ2) is 10.4. The molecule has 1 nitrogen and oxygen atoms in total. The molecule has 8 aromatic carbocycles. The summed E-state index contributed by atoms with van der Waals surface area (Å²) in [5.41, 5.74) is 7.50. The Morgan fingerprint density at radius 1 is 0.426 bits per heavy atom. The molecule has 0 aliphatic carbocycles. The van der Waals surface area contributed by atoms with E-state index in [0.717, 1.165) is 6.54 Å². The predicted octanol–water partition coefficient (Wildman–Crippen LogP) is 10.4. The molecular formula is C45H29NS. The van der Waals surface area contributed by atoms with E-state index in [1.54, 1.807) is 0 Å². The highest BCUT2D eigenvalue weighted by molar-refractivity contribution is 7.17. The SMILES string of the molecule is C1=c2c(sc3ccccc23)=C(c2ccc3c(-c4ccc5ccccc5c4)c4ccccc4c(-c4ccc5ccccc5c4)c3c2)NC1. The molecule has 1 aliphatic rings. The average molecular weight is 616 g/mol. The highest BCUT2D eigenvalue weighted by atomic mass is 32.1. The fourth-order valence-corrected chi connectivity index (χ4v) is 8.92. The second-order valence-electron chi connectivity index (χ2n) is 12.5. The maximum atomic E-state index is 3.78. The van der Waals surface area contributed by atoms with Gasteiger partial charge >= 0.3 is 0 Å². The van der Waals surface area contributed by atoms with Crippen LogP contribution in [0.3, 0.4) is 0 Å². The van der Waals surface area contributed by atoms with Crippen molar-refractivity contribution in [1.29, 1.82) is 0 Å². The lowest BCUT2D eigenvalue weighted by Crippen LogP contribution is -2.34. The first-order chi connectivity index (χ1) is 23.3. The molecule has 1 aromatic heterocycles. The van der Waals surface area contributed by atoms with Crippen LogP contribution in [0.1, 0.15) is 5.56 Å². The molecule has 1 N–H and O–H groups in total. The Kier molecular flexibility index (Phi) is 5.88. The van der Waals surface area contributed by atoms with Crippen LogP contribution < -0.4 is 15.1 Å². The van der Waals surface area contributed by atoms with Crippen molar-refractivity contribution in [3.63, 3.8) is 0 Å². The molecule has 0 bridgehead atoms. The molecule has 9 aromatic rings. The van der Waals surface area contributed by atoms with Crippen molar-refractivity contribution in [2.75, 3.05) is 6.54 Å². The molecule has 0 spiro atoms. The molecule has 2 heteroatoms. The van der Waals surface area contributed by atoms with Crippen LogP contribution in [0.15, 0.2) is 152 Å². The van der Waals surface area contributed by atoms with Gasteiger partial charge in [0.1, 0.15) is 0 Å². The average Bonchev–Trinajstić information content (AvgIpc) is 3.52. The van der Waals surface area contributed by atoms with Crippen LogP contribution in [0.2, 0.25) is 0 Å². The van der Waals surface area contributed by atoms with E-state index >= 15 is 0 Å². The van der Waals surface area contributed by atoms with Gasteiger partial charge in [-0.05, 0) is 95.2 Å². The zero-order chi connectivity index (χ0) is 30.9. The van der Waals surface area contributed by atoms with Crippen molar-refractivity contribution in [1.82, 2.24) is 5.32 Å². The molecule has 0 amide bonds. The van der Waals surface area contributed by atoms with Gasteiger partial charge in [-0.1, -0.05) is 133 Å². The van der Waals surface area contributed by atoms with Crippen molar-refractivity contribution >= 4 is 76.3 Å². The first-order valence-electron chi connectivity index (χ1n) is 16.2. The lowest BCUT2D eigenvalue weighted by atomic mass is 9.84. The van der Waals surface area contributed by atoms with E-state index in [1.165, 1.54) is 96.4 Å². The molecule has 0 unspecified atom stereocenters. The van der Waals surface area contributed by atoms with E-state index in [4.69, 9.17) is 0 Å². The number of hydrogen-bond acceptors (Lipinski definition) is 2. The zero-order valence-electron chi connectivity index (χ0n) is 25.6. The van der Waals surface area contributed by atoms with Crippen molar-refractivity contribution in [2.24, 2.45) is 0 Å². The molecule has 0 fully saturated rings. The minimum Gasteiger partial charge on any atom is -0.380 e. The van der Waals surface area contributed by atoms with Crippen LogP contribution in [-0.4, -0.2) is 6.54 Å². The van der Waals surface area contributed by atoms with E-state index in [0.29, 0.717) is 0 Å². The lowest BCUT2D eigenvalue weighted by Gasteiger charge is -2.20. The van der Waals surface area contributed by atoms with E-state index in [9.17, 15) is 0 Å². The number of fused-ring (bicyclic) bond motifs is 7. The normalized spacial score (nSPS) is 12.9. The molecule has 47 heavy (non-hydrogen) atoms. The Morgan fingerprint density at radius 2 is 0.957 bits per heavy atom. The van der Waals surface area contributed by atoms with Crippen molar-refractivity contribution < 1.29 is 0 Å². The van der Waals surface area contributed by atoms with Gasteiger partial charge in [0.25, 0.3) is 0 Å². The first kappa shape index (κ1) is 26.5. The van der Waals surface area contributed by atoms with Crippen molar-refractivity contribution in [3.8, 4) is 22.3 Å². The topological polar surface area (TPSA) is 12.0 Å². The summed E-state index contributed by atoms with van der Waals surface area (Å²) in [5.74, 6) is 0. The Hall–Kier alpha value is -5.70. The Bertz CT molecular complexity index is 2860. The fourth-order valence-electron chi connectivity index (χ4n) is 7.67. The van der Waals surface area contributed by atoms with E-state index in [1.807, 2.05) is 11.3 Å². The van der Waals surface area contributed by atoms with Gasteiger partial charge < -0.3 is 5.32 Å². The summed E-state index contributed by atoms with van der Waals surface area (Å²) in [7, 11) is 0. The molecular weight excluding hydrogens is 587 g/mol. The van der Waals surface area contributed by atoms with Gasteiger partial charge in [-0.3, -0.25) is 0 Å². The van der Waals surface area contributed by atoms with Crippen LogP contribution in [0, 0.1) is 0 Å². The van der Waals surface area contributed by atoms with Gasteiger partial charge in [0.05, 0.1) is 10.2 Å². The third-order valence-electron chi connectivity index (χ3n) is 9.83. The van der Waals surface area contributed by atoms with E-state index in [-0.39, 0.29) is 0 Å². The molecule has 0 saturated carbocycles. The minimum atomic E-state index is 0.818. The standard InChI is InChI=1S/C45H29NS/c1-3-11-30-25-32(19-17-28(30)9-1)42-36-14-5-6-15-37(36)43(33-20-18-29-10-2-4-12-31(29)26-33)40-27-34(21-22-38(40)42)44-45-39(23-24-46-44)35-13-7-8-16-41(35)47-45/h1-23,25-27,46H,24H2. The smallest absolute Gasteiger partial charge is 0.0598 e. The summed E-state index contributed by atoms with van der Waals surface area (Å²) < 4.78 is 2.65. The first-order valence-corrected chi connectivity index (χ1v) is 17.0. The fraction of sp³-hybridized carbons (Fsp3) is 0.0222. The summed E-state index contributed by atoms with van der Waals surface area (Å²) in [6.45, 7) is 0.818. The Balaban J connectivity index is 1.34. The van der Waals surface area contributed by atoms with E-state index < -0.39 is 0 Å². The molecule has 220 valence electrons. The third-order valence-corrected chi connectivity index (χ3v) is 11.0. The molecule has 2 heterocycles. The molecule has 0 radical (unpaired) electrons. The van der Waals surface area contributed by atoms with Crippen LogP contribution in [0.5, 0.6) is 0 Å². The van der Waals surface area contributed by atoms with Gasteiger partial charge in [-0.15, -0.1) is 11.3 Å².